The molecule has 1 aliphatic heterocycles. The number of rotatable bonds is 5. The Labute approximate surface area is 135 Å². The monoisotopic (exact) mass is 317 g/mol. The van der Waals surface area contributed by atoms with Gasteiger partial charge in [-0.25, -0.2) is 4.68 Å². The van der Waals surface area contributed by atoms with Crippen molar-refractivity contribution in [2.45, 2.75) is 26.9 Å². The second-order valence-electron chi connectivity index (χ2n) is 6.01. The quantitative estimate of drug-likeness (QED) is 0.807. The van der Waals surface area contributed by atoms with E-state index in [9.17, 15) is 4.79 Å². The van der Waals surface area contributed by atoms with Gasteiger partial charge >= 0.3 is 0 Å². The van der Waals surface area contributed by atoms with E-state index < -0.39 is 0 Å². The van der Waals surface area contributed by atoms with E-state index in [1.165, 1.54) is 10.2 Å². The van der Waals surface area contributed by atoms with Gasteiger partial charge in [0.2, 0.25) is 0 Å². The maximum atomic E-state index is 11.6. The van der Waals surface area contributed by atoms with Crippen LogP contribution < -0.4 is 5.56 Å². The van der Waals surface area contributed by atoms with E-state index in [-0.39, 0.29) is 5.56 Å². The molecule has 2 aromatic heterocycles. The maximum absolute atomic E-state index is 11.6. The average Bonchev–Trinajstić information content (AvgIpc) is 2.87. The summed E-state index contributed by atoms with van der Waals surface area (Å²) in [4.78, 5) is 16.5. The van der Waals surface area contributed by atoms with Gasteiger partial charge in [-0.05, 0) is 19.9 Å². The zero-order valence-corrected chi connectivity index (χ0v) is 13.7. The molecule has 3 heterocycles. The van der Waals surface area contributed by atoms with Crippen LogP contribution in [0.15, 0.2) is 27.6 Å². The van der Waals surface area contributed by atoms with Crippen LogP contribution in [0.4, 0.5) is 0 Å². The van der Waals surface area contributed by atoms with Crippen molar-refractivity contribution in [3.63, 3.8) is 0 Å². The van der Waals surface area contributed by atoms with E-state index in [1.54, 1.807) is 18.3 Å². The van der Waals surface area contributed by atoms with Gasteiger partial charge in [-0.3, -0.25) is 14.6 Å². The summed E-state index contributed by atoms with van der Waals surface area (Å²) in [5, 5.41) is 8.11. The van der Waals surface area contributed by atoms with Gasteiger partial charge in [0.05, 0.1) is 12.2 Å². The molecular formula is C16H23N5O2. The summed E-state index contributed by atoms with van der Waals surface area (Å²) in [6, 6.07) is 3.22. The molecule has 124 valence electrons. The van der Waals surface area contributed by atoms with Gasteiger partial charge in [0.15, 0.2) is 0 Å². The molecule has 1 aliphatic rings. The molecule has 0 bridgehead atoms. The van der Waals surface area contributed by atoms with E-state index in [0.717, 1.165) is 50.7 Å². The third kappa shape index (κ3) is 3.86. The van der Waals surface area contributed by atoms with Crippen LogP contribution in [0, 0.1) is 13.8 Å². The molecule has 0 aliphatic carbocycles. The first-order valence-corrected chi connectivity index (χ1v) is 8.02. The molecule has 3 rings (SSSR count). The number of hydrogen-bond acceptors (Lipinski definition) is 6. The van der Waals surface area contributed by atoms with Crippen molar-refractivity contribution in [3.05, 3.63) is 45.7 Å². The predicted molar refractivity (Wildman–Crippen MR) is 86.2 cm³/mol. The molecule has 23 heavy (non-hydrogen) atoms. The fourth-order valence-electron chi connectivity index (χ4n) is 2.91. The van der Waals surface area contributed by atoms with Crippen molar-refractivity contribution in [1.82, 2.24) is 24.7 Å². The third-order valence-electron chi connectivity index (χ3n) is 4.44. The lowest BCUT2D eigenvalue weighted by Crippen LogP contribution is -2.47. The molecule has 2 aromatic rings. The Morgan fingerprint density at radius 1 is 1.13 bits per heavy atom. The Balaban J connectivity index is 1.47. The molecule has 1 saturated heterocycles. The van der Waals surface area contributed by atoms with Crippen LogP contribution in [0.3, 0.4) is 0 Å². The Morgan fingerprint density at radius 2 is 1.87 bits per heavy atom. The van der Waals surface area contributed by atoms with Gasteiger partial charge in [-0.1, -0.05) is 5.16 Å². The number of aromatic nitrogens is 3. The lowest BCUT2D eigenvalue weighted by atomic mass is 10.2. The average molecular weight is 317 g/mol. The summed E-state index contributed by atoms with van der Waals surface area (Å²) in [6.45, 7) is 10.4. The zero-order valence-electron chi connectivity index (χ0n) is 13.7. The van der Waals surface area contributed by atoms with E-state index in [1.807, 2.05) is 13.8 Å². The predicted octanol–water partition coefficient (Wildman–Crippen LogP) is 0.666. The Kier molecular flexibility index (Phi) is 4.88. The number of aryl methyl sites for hydroxylation is 2. The molecule has 7 nitrogen and oxygen atoms in total. The van der Waals surface area contributed by atoms with Crippen molar-refractivity contribution < 1.29 is 4.52 Å². The van der Waals surface area contributed by atoms with Gasteiger partial charge in [-0.15, -0.1) is 0 Å². The highest BCUT2D eigenvalue weighted by Crippen LogP contribution is 2.16. The minimum atomic E-state index is -0.0375. The summed E-state index contributed by atoms with van der Waals surface area (Å²) in [6.07, 6.45) is 1.66. The van der Waals surface area contributed by atoms with Gasteiger partial charge in [0, 0.05) is 57.1 Å². The summed E-state index contributed by atoms with van der Waals surface area (Å²) in [7, 11) is 0. The Morgan fingerprint density at radius 3 is 2.52 bits per heavy atom. The lowest BCUT2D eigenvalue weighted by molar-refractivity contribution is 0.122. The summed E-state index contributed by atoms with van der Waals surface area (Å²) < 4.78 is 6.75. The summed E-state index contributed by atoms with van der Waals surface area (Å²) >= 11 is 0. The normalized spacial score (nSPS) is 16.8. The Bertz CT molecular complexity index is 681. The van der Waals surface area contributed by atoms with Crippen molar-refractivity contribution in [1.29, 1.82) is 0 Å². The van der Waals surface area contributed by atoms with E-state index >= 15 is 0 Å². The van der Waals surface area contributed by atoms with Crippen LogP contribution >= 0.6 is 0 Å². The molecule has 0 N–H and O–H groups in total. The molecule has 0 spiro atoms. The molecule has 0 unspecified atom stereocenters. The van der Waals surface area contributed by atoms with Crippen LogP contribution in [0.2, 0.25) is 0 Å². The van der Waals surface area contributed by atoms with Crippen LogP contribution in [0.25, 0.3) is 0 Å². The van der Waals surface area contributed by atoms with Crippen LogP contribution in [0.5, 0.6) is 0 Å². The topological polar surface area (TPSA) is 67.4 Å². The SMILES string of the molecule is Cc1noc(C)c1CN1CCN(CCn2ncccc2=O)CC1. The van der Waals surface area contributed by atoms with Gasteiger partial charge in [0.25, 0.3) is 5.56 Å². The highest BCUT2D eigenvalue weighted by molar-refractivity contribution is 5.20. The Hall–Kier alpha value is -1.99. The van der Waals surface area contributed by atoms with E-state index in [4.69, 9.17) is 4.52 Å². The first-order chi connectivity index (χ1) is 11.1. The second kappa shape index (κ2) is 7.06. The molecule has 0 amide bonds. The highest BCUT2D eigenvalue weighted by Gasteiger charge is 2.19. The van der Waals surface area contributed by atoms with E-state index in [2.05, 4.69) is 20.1 Å². The minimum absolute atomic E-state index is 0.0375. The van der Waals surface area contributed by atoms with Crippen molar-refractivity contribution in [2.24, 2.45) is 0 Å². The van der Waals surface area contributed by atoms with Crippen molar-refractivity contribution >= 4 is 0 Å². The van der Waals surface area contributed by atoms with E-state index in [0.29, 0.717) is 6.54 Å². The molecule has 7 heteroatoms. The summed E-state index contributed by atoms with van der Waals surface area (Å²) in [5.74, 6) is 0.916. The minimum Gasteiger partial charge on any atom is -0.361 e. The number of nitrogens with zero attached hydrogens (tertiary/aromatic N) is 5. The van der Waals surface area contributed by atoms with Crippen LogP contribution in [-0.2, 0) is 13.1 Å². The fraction of sp³-hybridized carbons (Fsp3) is 0.562. The lowest BCUT2D eigenvalue weighted by Gasteiger charge is -2.34. The molecule has 0 atom stereocenters. The van der Waals surface area contributed by atoms with Gasteiger partial charge in [0.1, 0.15) is 5.76 Å². The second-order valence-corrected chi connectivity index (χ2v) is 6.01. The largest absolute Gasteiger partial charge is 0.361 e. The smallest absolute Gasteiger partial charge is 0.266 e. The first kappa shape index (κ1) is 15.9. The molecule has 0 saturated carbocycles. The summed E-state index contributed by atoms with van der Waals surface area (Å²) in [5.41, 5.74) is 2.16. The third-order valence-corrected chi connectivity index (χ3v) is 4.44. The maximum Gasteiger partial charge on any atom is 0.266 e. The molecule has 1 fully saturated rings. The highest BCUT2D eigenvalue weighted by atomic mass is 16.5. The van der Waals surface area contributed by atoms with Gasteiger partial charge < -0.3 is 4.52 Å². The van der Waals surface area contributed by atoms with Crippen molar-refractivity contribution in [3.8, 4) is 0 Å². The molecular weight excluding hydrogens is 294 g/mol. The van der Waals surface area contributed by atoms with Gasteiger partial charge in [-0.2, -0.15) is 5.10 Å². The number of hydrogen-bond donors (Lipinski definition) is 0. The first-order valence-electron chi connectivity index (χ1n) is 8.02. The van der Waals surface area contributed by atoms with Crippen LogP contribution in [-0.4, -0.2) is 57.5 Å². The number of piperazine rings is 1. The molecule has 0 radical (unpaired) electrons. The fourth-order valence-corrected chi connectivity index (χ4v) is 2.91. The standard InChI is InChI=1S/C16H23N5O2/c1-13-15(14(2)23-18-13)12-20-8-6-19(7-9-20)10-11-21-16(22)4-3-5-17-21/h3-5H,6-12H2,1-2H3. The zero-order chi connectivity index (χ0) is 16.2. The van der Waals surface area contributed by atoms with Crippen molar-refractivity contribution in [2.75, 3.05) is 32.7 Å². The van der Waals surface area contributed by atoms with Crippen LogP contribution in [0.1, 0.15) is 17.0 Å². The molecule has 0 aromatic carbocycles.